The minimum Gasteiger partial charge on any atom is -0.486 e. The Morgan fingerprint density at radius 1 is 1.03 bits per heavy atom. The molecule has 0 atom stereocenters. The Hall–Kier alpha value is -3.15. The van der Waals surface area contributed by atoms with E-state index in [0.29, 0.717) is 23.0 Å². The predicted molar refractivity (Wildman–Crippen MR) is 119 cm³/mol. The number of nitrogens with zero attached hydrogens (tertiary/aromatic N) is 1. The average molecular weight is 421 g/mol. The van der Waals surface area contributed by atoms with Crippen LogP contribution in [0.5, 0.6) is 5.75 Å². The second-order valence-electron chi connectivity index (χ2n) is 6.36. The van der Waals surface area contributed by atoms with E-state index in [1.165, 1.54) is 0 Å². The van der Waals surface area contributed by atoms with E-state index in [9.17, 15) is 4.79 Å². The zero-order valence-corrected chi connectivity index (χ0v) is 16.9. The highest BCUT2D eigenvalue weighted by molar-refractivity contribution is 7.18. The number of benzene rings is 3. The molecule has 2 N–H and O–H groups in total. The first-order chi connectivity index (χ1) is 14.1. The van der Waals surface area contributed by atoms with Crippen molar-refractivity contribution < 1.29 is 9.53 Å². The highest BCUT2D eigenvalue weighted by Crippen LogP contribution is 2.25. The lowest BCUT2D eigenvalue weighted by molar-refractivity contribution is -0.112. The van der Waals surface area contributed by atoms with Crippen molar-refractivity contribution in [3.05, 3.63) is 94.0 Å². The molecule has 1 aromatic heterocycles. The molecule has 0 fully saturated rings. The van der Waals surface area contributed by atoms with Crippen LogP contribution in [0.15, 0.2) is 72.8 Å². The van der Waals surface area contributed by atoms with Gasteiger partial charge in [0.05, 0.1) is 10.2 Å². The number of carbonyl (C=O) groups is 1. The average Bonchev–Trinajstić information content (AvgIpc) is 3.15. The van der Waals surface area contributed by atoms with E-state index in [4.69, 9.17) is 22.1 Å². The molecule has 0 aliphatic carbocycles. The van der Waals surface area contributed by atoms with Crippen molar-refractivity contribution in [1.29, 1.82) is 0 Å². The topological polar surface area (TPSA) is 65.2 Å². The molecule has 4 nitrogen and oxygen atoms in total. The van der Waals surface area contributed by atoms with Crippen LogP contribution in [0, 0.1) is 0 Å². The summed E-state index contributed by atoms with van der Waals surface area (Å²) in [6.45, 7) is 0.391. The van der Waals surface area contributed by atoms with Gasteiger partial charge in [0.25, 0.3) is 0 Å². The lowest BCUT2D eigenvalue weighted by Gasteiger charge is -2.07. The molecule has 0 saturated carbocycles. The number of carbonyl (C=O) groups excluding carboxylic acids is 1. The van der Waals surface area contributed by atoms with Gasteiger partial charge >= 0.3 is 0 Å². The van der Waals surface area contributed by atoms with Gasteiger partial charge in [-0.25, -0.2) is 4.98 Å². The lowest BCUT2D eigenvalue weighted by atomic mass is 10.0. The zero-order valence-electron chi connectivity index (χ0n) is 15.3. The van der Waals surface area contributed by atoms with Crippen molar-refractivity contribution in [2.24, 2.45) is 5.73 Å². The van der Waals surface area contributed by atoms with Gasteiger partial charge < -0.3 is 10.5 Å². The number of halogens is 1. The minimum atomic E-state index is -0.497. The molecule has 0 unspecified atom stereocenters. The molecule has 6 heteroatoms. The van der Waals surface area contributed by atoms with Gasteiger partial charge in [0.15, 0.2) is 0 Å². The number of fused-ring (bicyclic) bond motifs is 1. The quantitative estimate of drug-likeness (QED) is 0.328. The van der Waals surface area contributed by atoms with E-state index in [2.05, 4.69) is 4.98 Å². The molecule has 0 saturated heterocycles. The predicted octanol–water partition coefficient (Wildman–Crippen LogP) is 5.55. The molecule has 0 spiro atoms. The number of ether oxygens (including phenoxy) is 1. The normalized spacial score (nSPS) is 11.6. The van der Waals surface area contributed by atoms with Crippen molar-refractivity contribution in [3.8, 4) is 5.75 Å². The smallest absolute Gasteiger partial charge is 0.249 e. The summed E-state index contributed by atoms with van der Waals surface area (Å²) < 4.78 is 6.98. The fraction of sp³-hybridized carbons (Fsp3) is 0.0435. The second-order valence-corrected chi connectivity index (χ2v) is 7.91. The summed E-state index contributed by atoms with van der Waals surface area (Å²) in [7, 11) is 0. The van der Waals surface area contributed by atoms with Crippen LogP contribution in [-0.4, -0.2) is 10.9 Å². The molecule has 0 bridgehead atoms. The third-order valence-electron chi connectivity index (χ3n) is 4.31. The van der Waals surface area contributed by atoms with Crippen LogP contribution < -0.4 is 10.5 Å². The minimum absolute atomic E-state index is 0.391. The van der Waals surface area contributed by atoms with E-state index in [-0.39, 0.29) is 0 Å². The first kappa shape index (κ1) is 19.2. The zero-order chi connectivity index (χ0) is 20.2. The Bertz CT molecular complexity index is 1150. The van der Waals surface area contributed by atoms with Gasteiger partial charge in [0.2, 0.25) is 5.91 Å². The molecule has 1 heterocycles. The van der Waals surface area contributed by atoms with Gasteiger partial charge in [0, 0.05) is 10.6 Å². The molecule has 0 radical (unpaired) electrons. The maximum Gasteiger partial charge on any atom is 0.249 e. The summed E-state index contributed by atoms with van der Waals surface area (Å²) in [6, 6.07) is 22.5. The fourth-order valence-corrected chi connectivity index (χ4v) is 3.89. The first-order valence-corrected chi connectivity index (χ1v) is 10.1. The van der Waals surface area contributed by atoms with Crippen LogP contribution >= 0.6 is 22.9 Å². The van der Waals surface area contributed by atoms with Crippen LogP contribution in [0.4, 0.5) is 0 Å². The number of nitrogens with two attached hydrogens (primary N) is 1. The summed E-state index contributed by atoms with van der Waals surface area (Å²) in [5.74, 6) is 0.200. The van der Waals surface area contributed by atoms with E-state index < -0.39 is 5.91 Å². The lowest BCUT2D eigenvalue weighted by Crippen LogP contribution is -2.12. The Morgan fingerprint density at radius 3 is 2.45 bits per heavy atom. The van der Waals surface area contributed by atoms with Crippen LogP contribution in [0.25, 0.3) is 21.9 Å². The van der Waals surface area contributed by atoms with Gasteiger partial charge in [-0.2, -0.15) is 0 Å². The van der Waals surface area contributed by atoms with Gasteiger partial charge in [0.1, 0.15) is 17.4 Å². The summed E-state index contributed by atoms with van der Waals surface area (Å²) in [5.41, 5.74) is 8.55. The molecule has 144 valence electrons. The molecule has 4 rings (SSSR count). The summed E-state index contributed by atoms with van der Waals surface area (Å²) in [5, 5.41) is 1.55. The third-order valence-corrected chi connectivity index (χ3v) is 5.57. The Balaban J connectivity index is 1.49. The molecular weight excluding hydrogens is 404 g/mol. The van der Waals surface area contributed by atoms with E-state index in [1.807, 2.05) is 60.7 Å². The van der Waals surface area contributed by atoms with Gasteiger partial charge in [-0.15, -0.1) is 11.3 Å². The van der Waals surface area contributed by atoms with Crippen molar-refractivity contribution >= 4 is 50.7 Å². The molecule has 29 heavy (non-hydrogen) atoms. The Kier molecular flexibility index (Phi) is 5.60. The van der Waals surface area contributed by atoms with Gasteiger partial charge in [-0.05, 0) is 53.6 Å². The third kappa shape index (κ3) is 4.65. The van der Waals surface area contributed by atoms with Crippen molar-refractivity contribution in [1.82, 2.24) is 4.98 Å². The summed E-state index contributed by atoms with van der Waals surface area (Å²) in [6.07, 6.45) is 1.75. The van der Waals surface area contributed by atoms with Crippen LogP contribution in [0.2, 0.25) is 5.02 Å². The van der Waals surface area contributed by atoms with Crippen LogP contribution in [0.1, 0.15) is 16.1 Å². The summed E-state index contributed by atoms with van der Waals surface area (Å²) in [4.78, 5) is 16.5. The number of amides is 1. The number of para-hydroxylation sites is 1. The second kappa shape index (κ2) is 8.47. The Labute approximate surface area is 177 Å². The highest BCUT2D eigenvalue weighted by atomic mass is 35.5. The molecule has 4 aromatic rings. The molecule has 0 aliphatic heterocycles. The number of thiazole rings is 1. The van der Waals surface area contributed by atoms with Crippen LogP contribution in [0.3, 0.4) is 0 Å². The van der Waals surface area contributed by atoms with Crippen LogP contribution in [-0.2, 0) is 11.4 Å². The number of hydrogen-bond acceptors (Lipinski definition) is 4. The maximum atomic E-state index is 11.9. The van der Waals surface area contributed by atoms with Crippen molar-refractivity contribution in [2.75, 3.05) is 0 Å². The standard InChI is InChI=1S/C23H17ClN2O2S/c24-17-9-5-15(6-10-17)13-19(23(25)27)16-7-11-18(12-8-16)28-14-22-26-20-3-1-2-4-21(20)29-22/h1-13H,14H2,(H2,25,27). The molecule has 1 amide bonds. The van der Waals surface area contributed by atoms with E-state index in [0.717, 1.165) is 26.4 Å². The number of rotatable bonds is 6. The highest BCUT2D eigenvalue weighted by Gasteiger charge is 2.10. The number of hydrogen-bond donors (Lipinski definition) is 1. The largest absolute Gasteiger partial charge is 0.486 e. The number of aromatic nitrogens is 1. The van der Waals surface area contributed by atoms with E-state index in [1.54, 1.807) is 29.5 Å². The monoisotopic (exact) mass is 420 g/mol. The van der Waals surface area contributed by atoms with Crippen molar-refractivity contribution in [3.63, 3.8) is 0 Å². The maximum absolute atomic E-state index is 11.9. The van der Waals surface area contributed by atoms with Gasteiger partial charge in [-0.3, -0.25) is 4.79 Å². The number of primary amides is 1. The summed E-state index contributed by atoms with van der Waals surface area (Å²) >= 11 is 7.53. The van der Waals surface area contributed by atoms with E-state index >= 15 is 0 Å². The molecular formula is C23H17ClN2O2S. The fourth-order valence-electron chi connectivity index (χ4n) is 2.88. The first-order valence-electron chi connectivity index (χ1n) is 8.93. The molecule has 0 aliphatic rings. The molecule has 3 aromatic carbocycles. The SMILES string of the molecule is NC(=O)C(=Cc1ccc(Cl)cc1)c1ccc(OCc2nc3ccccc3s2)cc1. The van der Waals surface area contributed by atoms with Gasteiger partial charge in [-0.1, -0.05) is 48.0 Å². The van der Waals surface area contributed by atoms with Crippen molar-refractivity contribution in [2.45, 2.75) is 6.61 Å². The Morgan fingerprint density at radius 2 is 1.76 bits per heavy atom.